The fourth-order valence-electron chi connectivity index (χ4n) is 3.19. The molecule has 1 atom stereocenters. The normalized spacial score (nSPS) is 17.4. The summed E-state index contributed by atoms with van der Waals surface area (Å²) >= 11 is 0. The minimum atomic E-state index is -0.473. The Morgan fingerprint density at radius 2 is 2.30 bits per heavy atom. The molecule has 0 spiro atoms. The number of amides is 2. The SMILES string of the molecule is COc1cccc(CN2CCNC(=O)C2CC(=O)NCCc2cn[nH]c2)c1. The molecule has 0 bridgehead atoms. The molecule has 8 nitrogen and oxygen atoms in total. The molecule has 1 fully saturated rings. The molecule has 3 N–H and O–H groups in total. The van der Waals surface area contributed by atoms with E-state index in [2.05, 4.69) is 20.8 Å². The molecule has 1 aliphatic rings. The predicted molar refractivity (Wildman–Crippen MR) is 100 cm³/mol. The van der Waals surface area contributed by atoms with Crippen molar-refractivity contribution in [1.29, 1.82) is 0 Å². The summed E-state index contributed by atoms with van der Waals surface area (Å²) in [5, 5.41) is 12.4. The number of H-pyrrole nitrogens is 1. The smallest absolute Gasteiger partial charge is 0.237 e. The Kier molecular flexibility index (Phi) is 6.43. The van der Waals surface area contributed by atoms with Gasteiger partial charge in [-0.1, -0.05) is 12.1 Å². The highest BCUT2D eigenvalue weighted by Gasteiger charge is 2.31. The highest BCUT2D eigenvalue weighted by molar-refractivity contribution is 5.88. The first-order valence-corrected chi connectivity index (χ1v) is 9.05. The van der Waals surface area contributed by atoms with Crippen molar-refractivity contribution in [2.75, 3.05) is 26.7 Å². The fourth-order valence-corrected chi connectivity index (χ4v) is 3.19. The van der Waals surface area contributed by atoms with Gasteiger partial charge in [0.2, 0.25) is 11.8 Å². The molecule has 0 saturated carbocycles. The number of benzene rings is 1. The van der Waals surface area contributed by atoms with E-state index < -0.39 is 6.04 Å². The number of aromatic amines is 1. The van der Waals surface area contributed by atoms with Crippen LogP contribution in [0.5, 0.6) is 5.75 Å². The number of aromatic nitrogens is 2. The molecule has 144 valence electrons. The summed E-state index contributed by atoms with van der Waals surface area (Å²) in [5.74, 6) is 0.549. The summed E-state index contributed by atoms with van der Waals surface area (Å²) in [5.41, 5.74) is 2.08. The van der Waals surface area contributed by atoms with Crippen LogP contribution in [0.1, 0.15) is 17.5 Å². The highest BCUT2D eigenvalue weighted by Crippen LogP contribution is 2.18. The number of methoxy groups -OCH3 is 1. The fraction of sp³-hybridized carbons (Fsp3) is 0.421. The van der Waals surface area contributed by atoms with Gasteiger partial charge in [0.05, 0.1) is 25.8 Å². The van der Waals surface area contributed by atoms with Crippen molar-refractivity contribution in [3.05, 3.63) is 47.8 Å². The number of piperazine rings is 1. The maximum absolute atomic E-state index is 12.3. The van der Waals surface area contributed by atoms with Gasteiger partial charge >= 0.3 is 0 Å². The van der Waals surface area contributed by atoms with E-state index in [9.17, 15) is 9.59 Å². The van der Waals surface area contributed by atoms with Gasteiger partial charge in [0.1, 0.15) is 5.75 Å². The molecular weight excluding hydrogens is 346 g/mol. The Balaban J connectivity index is 1.56. The number of carbonyl (C=O) groups is 2. The van der Waals surface area contributed by atoms with Crippen molar-refractivity contribution < 1.29 is 14.3 Å². The van der Waals surface area contributed by atoms with Crippen molar-refractivity contribution in [3.63, 3.8) is 0 Å². The maximum Gasteiger partial charge on any atom is 0.237 e. The zero-order valence-corrected chi connectivity index (χ0v) is 15.4. The first-order valence-electron chi connectivity index (χ1n) is 9.05. The minimum absolute atomic E-state index is 0.103. The third-order valence-corrected chi connectivity index (χ3v) is 4.63. The van der Waals surface area contributed by atoms with Gasteiger partial charge in [-0.2, -0.15) is 5.10 Å². The van der Waals surface area contributed by atoms with Crippen LogP contribution in [0.2, 0.25) is 0 Å². The topological polar surface area (TPSA) is 99.3 Å². The zero-order chi connectivity index (χ0) is 19.1. The average molecular weight is 371 g/mol. The molecule has 0 aliphatic carbocycles. The molecule has 1 unspecified atom stereocenters. The van der Waals surface area contributed by atoms with Gasteiger partial charge in [-0.15, -0.1) is 0 Å². The summed E-state index contributed by atoms with van der Waals surface area (Å²) in [6.07, 6.45) is 4.38. The van der Waals surface area contributed by atoms with Crippen LogP contribution in [-0.4, -0.2) is 59.7 Å². The lowest BCUT2D eigenvalue weighted by molar-refractivity contribution is -0.134. The Morgan fingerprint density at radius 1 is 1.41 bits per heavy atom. The van der Waals surface area contributed by atoms with Crippen LogP contribution in [-0.2, 0) is 22.6 Å². The Bertz CT molecular complexity index is 762. The average Bonchev–Trinajstić information content (AvgIpc) is 3.18. The summed E-state index contributed by atoms with van der Waals surface area (Å²) in [6, 6.07) is 7.29. The second kappa shape index (κ2) is 9.18. The summed E-state index contributed by atoms with van der Waals surface area (Å²) < 4.78 is 5.26. The van der Waals surface area contributed by atoms with Gasteiger partial charge in [0.15, 0.2) is 0 Å². The highest BCUT2D eigenvalue weighted by atomic mass is 16.5. The van der Waals surface area contributed by atoms with Gasteiger partial charge in [-0.25, -0.2) is 0 Å². The predicted octanol–water partition coefficient (Wildman–Crippen LogP) is 0.468. The molecule has 2 aromatic rings. The molecule has 27 heavy (non-hydrogen) atoms. The Labute approximate surface area is 158 Å². The first-order chi connectivity index (χ1) is 13.2. The van der Waals surface area contributed by atoms with Crippen LogP contribution in [0.3, 0.4) is 0 Å². The summed E-state index contributed by atoms with van der Waals surface area (Å²) in [7, 11) is 1.63. The third-order valence-electron chi connectivity index (χ3n) is 4.63. The molecule has 1 aromatic carbocycles. The summed E-state index contributed by atoms with van der Waals surface area (Å²) in [6.45, 7) is 2.40. The molecule has 2 heterocycles. The second-order valence-corrected chi connectivity index (χ2v) is 6.54. The lowest BCUT2D eigenvalue weighted by atomic mass is 10.1. The van der Waals surface area contributed by atoms with Gasteiger partial charge in [-0.3, -0.25) is 19.6 Å². The van der Waals surface area contributed by atoms with Crippen LogP contribution in [0, 0.1) is 0 Å². The Hall–Kier alpha value is -2.87. The van der Waals surface area contributed by atoms with E-state index in [1.165, 1.54) is 0 Å². The van der Waals surface area contributed by atoms with Crippen LogP contribution in [0.25, 0.3) is 0 Å². The molecular formula is C19H25N5O3. The lowest BCUT2D eigenvalue weighted by Crippen LogP contribution is -2.56. The molecule has 1 aromatic heterocycles. The van der Waals surface area contributed by atoms with Crippen molar-refractivity contribution in [1.82, 2.24) is 25.7 Å². The van der Waals surface area contributed by atoms with E-state index in [0.29, 0.717) is 32.6 Å². The monoisotopic (exact) mass is 371 g/mol. The van der Waals surface area contributed by atoms with E-state index in [1.807, 2.05) is 29.2 Å². The van der Waals surface area contributed by atoms with Crippen LogP contribution >= 0.6 is 0 Å². The van der Waals surface area contributed by atoms with E-state index in [1.54, 1.807) is 19.5 Å². The van der Waals surface area contributed by atoms with Crippen molar-refractivity contribution in [2.45, 2.75) is 25.4 Å². The number of ether oxygens (including phenoxy) is 1. The van der Waals surface area contributed by atoms with E-state index in [-0.39, 0.29) is 18.2 Å². The van der Waals surface area contributed by atoms with Crippen LogP contribution in [0.15, 0.2) is 36.7 Å². The quantitative estimate of drug-likeness (QED) is 0.626. The van der Waals surface area contributed by atoms with Gasteiger partial charge in [0, 0.05) is 32.4 Å². The standard InChI is InChI=1S/C19H25N5O3/c1-27-16-4-2-3-14(9-16)13-24-8-7-21-19(26)17(24)10-18(25)20-6-5-15-11-22-23-12-15/h2-4,9,11-12,17H,5-8,10,13H2,1H3,(H,20,25)(H,21,26)(H,22,23). The number of rotatable bonds is 8. The van der Waals surface area contributed by atoms with Crippen molar-refractivity contribution in [3.8, 4) is 5.75 Å². The molecule has 8 heteroatoms. The first kappa shape index (κ1) is 18.9. The van der Waals surface area contributed by atoms with Gasteiger partial charge in [0.25, 0.3) is 0 Å². The molecule has 1 aliphatic heterocycles. The lowest BCUT2D eigenvalue weighted by Gasteiger charge is -2.34. The number of hydrogen-bond donors (Lipinski definition) is 3. The Morgan fingerprint density at radius 3 is 3.07 bits per heavy atom. The number of hydrogen-bond acceptors (Lipinski definition) is 5. The van der Waals surface area contributed by atoms with Crippen LogP contribution in [0.4, 0.5) is 0 Å². The zero-order valence-electron chi connectivity index (χ0n) is 15.4. The largest absolute Gasteiger partial charge is 0.497 e. The number of nitrogens with one attached hydrogen (secondary N) is 3. The van der Waals surface area contributed by atoms with E-state index >= 15 is 0 Å². The van der Waals surface area contributed by atoms with E-state index in [4.69, 9.17) is 4.74 Å². The number of carbonyl (C=O) groups excluding carboxylic acids is 2. The molecule has 0 radical (unpaired) electrons. The van der Waals surface area contributed by atoms with Crippen LogP contribution < -0.4 is 15.4 Å². The van der Waals surface area contributed by atoms with Gasteiger partial charge in [-0.05, 0) is 29.7 Å². The van der Waals surface area contributed by atoms with Crippen molar-refractivity contribution >= 4 is 11.8 Å². The maximum atomic E-state index is 12.3. The summed E-state index contributed by atoms with van der Waals surface area (Å²) in [4.78, 5) is 26.7. The molecule has 1 saturated heterocycles. The number of nitrogens with zero attached hydrogens (tertiary/aromatic N) is 2. The van der Waals surface area contributed by atoms with E-state index in [0.717, 1.165) is 16.9 Å². The molecule has 2 amide bonds. The van der Waals surface area contributed by atoms with Gasteiger partial charge < -0.3 is 15.4 Å². The minimum Gasteiger partial charge on any atom is -0.497 e. The molecule has 3 rings (SSSR count). The second-order valence-electron chi connectivity index (χ2n) is 6.54. The van der Waals surface area contributed by atoms with Crippen molar-refractivity contribution in [2.24, 2.45) is 0 Å². The third kappa shape index (κ3) is 5.30.